The number of anilines is 1. The van der Waals surface area contributed by atoms with Gasteiger partial charge in [0.1, 0.15) is 9.77 Å². The highest BCUT2D eigenvalue weighted by molar-refractivity contribution is 9.11. The van der Waals surface area contributed by atoms with Gasteiger partial charge in [0.05, 0.1) is 9.48 Å². The van der Waals surface area contributed by atoms with E-state index in [0.29, 0.717) is 11.0 Å². The van der Waals surface area contributed by atoms with Crippen molar-refractivity contribution >= 4 is 59.7 Å². The van der Waals surface area contributed by atoms with E-state index < -0.39 is 16.0 Å². The van der Waals surface area contributed by atoms with Crippen LogP contribution in [0, 0.1) is 0 Å². The molecule has 1 aliphatic rings. The predicted octanol–water partition coefficient (Wildman–Crippen LogP) is 3.34. The van der Waals surface area contributed by atoms with Gasteiger partial charge in [-0.05, 0) is 34.8 Å². The first-order valence-electron chi connectivity index (χ1n) is 5.87. The highest BCUT2D eigenvalue weighted by Crippen LogP contribution is 2.41. The van der Waals surface area contributed by atoms with E-state index in [-0.39, 0.29) is 13.6 Å². The minimum atomic E-state index is -3.85. The third-order valence-corrected chi connectivity index (χ3v) is 7.38. The van der Waals surface area contributed by atoms with Gasteiger partial charge >= 0.3 is 5.97 Å². The van der Waals surface area contributed by atoms with Crippen molar-refractivity contribution in [3.05, 3.63) is 25.8 Å². The zero-order chi connectivity index (χ0) is 15.2. The van der Waals surface area contributed by atoms with Gasteiger partial charge in [0.2, 0.25) is 0 Å². The lowest BCUT2D eigenvalue weighted by Gasteiger charge is -2.03. The van der Waals surface area contributed by atoms with Crippen molar-refractivity contribution in [3.8, 4) is 0 Å². The number of nitrogens with zero attached hydrogens (tertiary/aromatic N) is 1. The van der Waals surface area contributed by atoms with E-state index >= 15 is 0 Å². The van der Waals surface area contributed by atoms with Crippen LogP contribution in [0.25, 0.3) is 0 Å². The molecule has 0 saturated heterocycles. The second kappa shape index (κ2) is 5.34. The number of carbonyl (C=O) groups is 1. The summed E-state index contributed by atoms with van der Waals surface area (Å²) < 4.78 is 27.2. The van der Waals surface area contributed by atoms with Crippen LogP contribution in [0.15, 0.2) is 20.1 Å². The van der Waals surface area contributed by atoms with Gasteiger partial charge in [0.15, 0.2) is 5.13 Å². The molecule has 2 N–H and O–H groups in total. The van der Waals surface area contributed by atoms with Crippen LogP contribution in [-0.4, -0.2) is 24.5 Å². The van der Waals surface area contributed by atoms with Gasteiger partial charge < -0.3 is 5.11 Å². The molecule has 0 aromatic carbocycles. The molecule has 1 saturated carbocycles. The Morgan fingerprint density at radius 2 is 2.19 bits per heavy atom. The Morgan fingerprint density at radius 1 is 1.48 bits per heavy atom. The predicted molar refractivity (Wildman–Crippen MR) is 83.9 cm³/mol. The zero-order valence-corrected chi connectivity index (χ0v) is 14.4. The Bertz CT molecular complexity index is 807. The van der Waals surface area contributed by atoms with E-state index in [1.807, 2.05) is 5.38 Å². The maximum Gasteiger partial charge on any atom is 0.345 e. The minimum absolute atomic E-state index is 0.0416. The molecule has 0 atom stereocenters. The number of halogens is 1. The zero-order valence-electron chi connectivity index (χ0n) is 10.4. The van der Waals surface area contributed by atoms with Crippen LogP contribution in [-0.2, 0) is 10.0 Å². The van der Waals surface area contributed by atoms with E-state index in [2.05, 4.69) is 25.6 Å². The van der Waals surface area contributed by atoms with Crippen LogP contribution in [0.3, 0.4) is 0 Å². The lowest BCUT2D eigenvalue weighted by molar-refractivity contribution is 0.0702. The minimum Gasteiger partial charge on any atom is -0.477 e. The van der Waals surface area contributed by atoms with Crippen LogP contribution in [0.5, 0.6) is 0 Å². The summed E-state index contributed by atoms with van der Waals surface area (Å²) in [6.07, 6.45) is 2.18. The first-order chi connectivity index (χ1) is 9.87. The first-order valence-corrected chi connectivity index (χ1v) is 9.85. The number of carboxylic acids is 1. The summed E-state index contributed by atoms with van der Waals surface area (Å²) in [5, 5.41) is 11.1. The molecule has 10 heteroatoms. The quantitative estimate of drug-likeness (QED) is 0.790. The number of nitrogens with one attached hydrogen (secondary N) is 1. The van der Waals surface area contributed by atoms with Gasteiger partial charge in [-0.1, -0.05) is 0 Å². The third-order valence-electron chi connectivity index (χ3n) is 2.90. The van der Waals surface area contributed by atoms with Crippen molar-refractivity contribution in [2.75, 3.05) is 4.72 Å². The Kier molecular flexibility index (Phi) is 3.80. The van der Waals surface area contributed by atoms with Gasteiger partial charge in [-0.3, -0.25) is 4.72 Å². The fourth-order valence-corrected chi connectivity index (χ4v) is 6.16. The van der Waals surface area contributed by atoms with E-state index in [0.717, 1.165) is 35.9 Å². The molecule has 2 heterocycles. The van der Waals surface area contributed by atoms with E-state index in [1.54, 1.807) is 0 Å². The standard InChI is InChI=1S/C11H9BrN2O4S3/c12-9-8(3-7(20-9)10(15)16)21(17,18)14-11-13-6(4-19-11)5-1-2-5/h3-5H,1-2H2,(H,13,14)(H,15,16). The second-order valence-corrected chi connectivity index (χ2v) is 9.39. The van der Waals surface area contributed by atoms with Gasteiger partial charge in [0, 0.05) is 11.3 Å². The van der Waals surface area contributed by atoms with Crippen molar-refractivity contribution in [2.45, 2.75) is 23.7 Å². The molecular formula is C11H9BrN2O4S3. The van der Waals surface area contributed by atoms with Gasteiger partial charge in [-0.15, -0.1) is 22.7 Å². The number of thiazole rings is 1. The molecule has 6 nitrogen and oxygen atoms in total. The Morgan fingerprint density at radius 3 is 2.76 bits per heavy atom. The van der Waals surface area contributed by atoms with Crippen molar-refractivity contribution in [1.82, 2.24) is 4.98 Å². The van der Waals surface area contributed by atoms with Crippen LogP contribution in [0.1, 0.15) is 34.1 Å². The summed E-state index contributed by atoms with van der Waals surface area (Å²) in [6, 6.07) is 1.13. The summed E-state index contributed by atoms with van der Waals surface area (Å²) in [6.45, 7) is 0. The topological polar surface area (TPSA) is 96.4 Å². The van der Waals surface area contributed by atoms with Crippen molar-refractivity contribution in [3.63, 3.8) is 0 Å². The van der Waals surface area contributed by atoms with Crippen LogP contribution < -0.4 is 4.72 Å². The summed E-state index contributed by atoms with van der Waals surface area (Å²) in [7, 11) is -3.85. The van der Waals surface area contributed by atoms with Crippen molar-refractivity contribution < 1.29 is 18.3 Å². The number of hydrogen-bond donors (Lipinski definition) is 2. The van der Waals surface area contributed by atoms with Crippen molar-refractivity contribution in [1.29, 1.82) is 0 Å². The molecule has 0 amide bonds. The Balaban J connectivity index is 1.87. The Hall–Kier alpha value is -0.970. The number of aromatic nitrogens is 1. The van der Waals surface area contributed by atoms with Crippen LogP contribution in [0.4, 0.5) is 5.13 Å². The average Bonchev–Trinajstić information content (AvgIpc) is 3.01. The maximum absolute atomic E-state index is 12.3. The van der Waals surface area contributed by atoms with E-state index in [1.165, 1.54) is 11.3 Å². The van der Waals surface area contributed by atoms with Gasteiger partial charge in [0.25, 0.3) is 10.0 Å². The Labute approximate surface area is 137 Å². The fourth-order valence-electron chi connectivity index (χ4n) is 1.71. The van der Waals surface area contributed by atoms with Crippen LogP contribution >= 0.6 is 38.6 Å². The summed E-state index contributed by atoms with van der Waals surface area (Å²) in [4.78, 5) is 15.0. The van der Waals surface area contributed by atoms with Gasteiger partial charge in [-0.2, -0.15) is 0 Å². The second-order valence-electron chi connectivity index (χ2n) is 4.51. The molecule has 112 valence electrons. The molecule has 0 spiro atoms. The molecule has 0 aliphatic heterocycles. The maximum atomic E-state index is 12.3. The number of hydrogen-bond acceptors (Lipinski definition) is 6. The molecular weight excluding hydrogens is 400 g/mol. The fraction of sp³-hybridized carbons (Fsp3) is 0.273. The molecule has 0 bridgehead atoms. The van der Waals surface area contributed by atoms with Crippen LogP contribution in [0.2, 0.25) is 0 Å². The molecule has 2 aromatic rings. The summed E-state index contributed by atoms with van der Waals surface area (Å²) in [5.74, 6) is -0.710. The molecule has 0 radical (unpaired) electrons. The molecule has 0 unspecified atom stereocenters. The molecule has 21 heavy (non-hydrogen) atoms. The lowest BCUT2D eigenvalue weighted by Crippen LogP contribution is -2.12. The highest BCUT2D eigenvalue weighted by atomic mass is 79.9. The molecule has 1 fully saturated rings. The lowest BCUT2D eigenvalue weighted by atomic mass is 10.3. The number of thiophene rings is 1. The SMILES string of the molecule is O=C(O)c1cc(S(=O)(=O)Nc2nc(C3CC3)cs2)c(Br)s1. The van der Waals surface area contributed by atoms with E-state index in [9.17, 15) is 13.2 Å². The third kappa shape index (κ3) is 3.12. The highest BCUT2D eigenvalue weighted by Gasteiger charge is 2.28. The molecule has 1 aliphatic carbocycles. The number of sulfonamides is 1. The summed E-state index contributed by atoms with van der Waals surface area (Å²) >= 11 is 5.18. The number of carboxylic acid groups (broad SMARTS) is 1. The number of aromatic carboxylic acids is 1. The number of rotatable bonds is 5. The average molecular weight is 409 g/mol. The smallest absolute Gasteiger partial charge is 0.345 e. The largest absolute Gasteiger partial charge is 0.477 e. The van der Waals surface area contributed by atoms with E-state index in [4.69, 9.17) is 5.11 Å². The first kappa shape index (κ1) is 14.9. The summed E-state index contributed by atoms with van der Waals surface area (Å²) in [5.41, 5.74) is 0.910. The van der Waals surface area contributed by atoms with Gasteiger partial charge in [-0.25, -0.2) is 18.2 Å². The molecule has 3 rings (SSSR count). The monoisotopic (exact) mass is 408 g/mol. The van der Waals surface area contributed by atoms with Crippen molar-refractivity contribution in [2.24, 2.45) is 0 Å². The normalized spacial score (nSPS) is 15.1. The molecule has 2 aromatic heterocycles.